The molecule has 0 bridgehead atoms. The molecule has 2 N–H and O–H groups in total. The van der Waals surface area contributed by atoms with Gasteiger partial charge in [-0.1, -0.05) is 23.7 Å². The van der Waals surface area contributed by atoms with E-state index < -0.39 is 0 Å². The third-order valence-electron chi connectivity index (χ3n) is 7.49. The van der Waals surface area contributed by atoms with Crippen molar-refractivity contribution in [1.82, 2.24) is 15.3 Å². The number of hydrogen-bond donors (Lipinski definition) is 2. The van der Waals surface area contributed by atoms with Gasteiger partial charge in [-0.15, -0.1) is 0 Å². The summed E-state index contributed by atoms with van der Waals surface area (Å²) in [6.45, 7) is 1.85. The molecule has 2 fully saturated rings. The van der Waals surface area contributed by atoms with Crippen molar-refractivity contribution in [3.05, 3.63) is 87.7 Å². The number of aromatic nitrogens is 2. The van der Waals surface area contributed by atoms with Crippen molar-refractivity contribution in [1.29, 1.82) is 0 Å². The van der Waals surface area contributed by atoms with E-state index in [4.69, 9.17) is 11.6 Å². The van der Waals surface area contributed by atoms with E-state index >= 15 is 0 Å². The first-order valence-corrected chi connectivity index (χ1v) is 11.8. The second kappa shape index (κ2) is 7.52. The third-order valence-corrected chi connectivity index (χ3v) is 7.80. The molecular weight excluding hydrogens is 439 g/mol. The molecule has 0 saturated heterocycles. The standard InChI is InChI=1S/C26H24ClFN4O/c1-14-29-13-21(24(27)30-14)19-12-23-20(19)11-16-10-17(4-7-22(16)31-23)26(8-9-26)32-25(33)15-2-5-18(28)6-3-15/h2-7,10,13,19-20,23,31H,8-9,11-12H2,1H3,(H,32,33). The average molecular weight is 463 g/mol. The van der Waals surface area contributed by atoms with Crippen LogP contribution in [0.15, 0.2) is 48.7 Å². The molecule has 3 aromatic rings. The molecule has 1 amide bonds. The fourth-order valence-electron chi connectivity index (χ4n) is 5.37. The molecule has 2 aliphatic carbocycles. The van der Waals surface area contributed by atoms with Crippen LogP contribution in [0.3, 0.4) is 0 Å². The second-order valence-corrected chi connectivity index (χ2v) is 9.90. The van der Waals surface area contributed by atoms with Gasteiger partial charge in [0, 0.05) is 29.1 Å². The van der Waals surface area contributed by atoms with Gasteiger partial charge < -0.3 is 10.6 Å². The number of hydrogen-bond acceptors (Lipinski definition) is 4. The van der Waals surface area contributed by atoms with E-state index in [0.717, 1.165) is 36.8 Å². The predicted molar refractivity (Wildman–Crippen MR) is 125 cm³/mol. The fourth-order valence-corrected chi connectivity index (χ4v) is 5.68. The van der Waals surface area contributed by atoms with Gasteiger partial charge in [-0.05, 0) is 85.9 Å². The smallest absolute Gasteiger partial charge is 0.251 e. The number of halogens is 2. The van der Waals surface area contributed by atoms with E-state index in [-0.39, 0.29) is 17.3 Å². The van der Waals surface area contributed by atoms with E-state index in [0.29, 0.717) is 34.4 Å². The number of aryl methyl sites for hydroxylation is 1. The molecule has 0 radical (unpaired) electrons. The summed E-state index contributed by atoms with van der Waals surface area (Å²) in [5.74, 6) is 0.965. The van der Waals surface area contributed by atoms with Gasteiger partial charge in [0.05, 0.1) is 5.54 Å². The lowest BCUT2D eigenvalue weighted by Gasteiger charge is -2.49. The van der Waals surface area contributed by atoms with Crippen LogP contribution >= 0.6 is 11.6 Å². The van der Waals surface area contributed by atoms with Gasteiger partial charge in [-0.2, -0.15) is 0 Å². The maximum Gasteiger partial charge on any atom is 0.251 e. The summed E-state index contributed by atoms with van der Waals surface area (Å²) >= 11 is 6.44. The Balaban J connectivity index is 1.22. The topological polar surface area (TPSA) is 66.9 Å². The number of nitrogens with one attached hydrogen (secondary N) is 2. The number of carbonyl (C=O) groups excluding carboxylic acids is 1. The summed E-state index contributed by atoms with van der Waals surface area (Å²) in [6.07, 6.45) is 5.66. The van der Waals surface area contributed by atoms with Gasteiger partial charge in [0.2, 0.25) is 0 Å². The summed E-state index contributed by atoms with van der Waals surface area (Å²) in [7, 11) is 0. The molecule has 2 aromatic carbocycles. The first kappa shape index (κ1) is 20.6. The van der Waals surface area contributed by atoms with Crippen LogP contribution in [0.4, 0.5) is 10.1 Å². The minimum atomic E-state index is -0.346. The Morgan fingerprint density at radius 3 is 2.73 bits per heavy atom. The van der Waals surface area contributed by atoms with Crippen molar-refractivity contribution in [2.24, 2.45) is 5.92 Å². The SMILES string of the molecule is Cc1ncc(C2CC3Nc4ccc(C5(NC(=O)c6ccc(F)cc6)CC5)cc4CC32)c(Cl)n1. The first-order valence-electron chi connectivity index (χ1n) is 11.4. The van der Waals surface area contributed by atoms with Gasteiger partial charge in [0.1, 0.15) is 16.8 Å². The zero-order valence-electron chi connectivity index (χ0n) is 18.2. The van der Waals surface area contributed by atoms with Crippen molar-refractivity contribution in [2.75, 3.05) is 5.32 Å². The molecule has 168 valence electrons. The molecule has 5 nitrogen and oxygen atoms in total. The molecule has 33 heavy (non-hydrogen) atoms. The monoisotopic (exact) mass is 462 g/mol. The average Bonchev–Trinajstić information content (AvgIpc) is 3.57. The second-order valence-electron chi connectivity index (χ2n) is 9.54. The van der Waals surface area contributed by atoms with Crippen LogP contribution in [0.25, 0.3) is 0 Å². The number of carbonyl (C=O) groups is 1. The number of anilines is 1. The van der Waals surface area contributed by atoms with E-state index in [1.165, 1.54) is 35.5 Å². The number of amides is 1. The maximum absolute atomic E-state index is 13.2. The Morgan fingerprint density at radius 1 is 1.21 bits per heavy atom. The van der Waals surface area contributed by atoms with Crippen molar-refractivity contribution < 1.29 is 9.18 Å². The third kappa shape index (κ3) is 3.57. The summed E-state index contributed by atoms with van der Waals surface area (Å²) in [5, 5.41) is 7.44. The Labute approximate surface area is 196 Å². The van der Waals surface area contributed by atoms with Gasteiger partial charge in [0.15, 0.2) is 0 Å². The van der Waals surface area contributed by atoms with E-state index in [1.807, 2.05) is 13.1 Å². The van der Waals surface area contributed by atoms with E-state index in [2.05, 4.69) is 38.8 Å². The minimum Gasteiger partial charge on any atom is -0.382 e. The van der Waals surface area contributed by atoms with Crippen molar-refractivity contribution >= 4 is 23.2 Å². The van der Waals surface area contributed by atoms with Crippen LogP contribution in [-0.2, 0) is 12.0 Å². The lowest BCUT2D eigenvalue weighted by Crippen LogP contribution is -2.49. The van der Waals surface area contributed by atoms with Crippen molar-refractivity contribution in [2.45, 2.75) is 50.1 Å². The fraction of sp³-hybridized carbons (Fsp3) is 0.346. The van der Waals surface area contributed by atoms with Crippen LogP contribution < -0.4 is 10.6 Å². The highest BCUT2D eigenvalue weighted by molar-refractivity contribution is 6.30. The molecule has 3 atom stereocenters. The van der Waals surface area contributed by atoms with Crippen molar-refractivity contribution in [3.63, 3.8) is 0 Å². The lowest BCUT2D eigenvalue weighted by molar-refractivity contribution is 0.0930. The molecule has 3 aliphatic rings. The summed E-state index contributed by atoms with van der Waals surface area (Å²) in [4.78, 5) is 21.5. The molecule has 1 aromatic heterocycles. The largest absolute Gasteiger partial charge is 0.382 e. The zero-order chi connectivity index (χ0) is 22.7. The Kier molecular flexibility index (Phi) is 4.70. The van der Waals surface area contributed by atoms with Crippen molar-refractivity contribution in [3.8, 4) is 0 Å². The highest BCUT2D eigenvalue weighted by Gasteiger charge is 2.48. The normalized spacial score (nSPS) is 24.0. The highest BCUT2D eigenvalue weighted by Crippen LogP contribution is 2.52. The lowest BCUT2D eigenvalue weighted by atomic mass is 9.62. The molecule has 2 saturated carbocycles. The number of rotatable bonds is 4. The van der Waals surface area contributed by atoms with Crippen LogP contribution in [0.5, 0.6) is 0 Å². The molecule has 6 rings (SSSR count). The number of benzene rings is 2. The predicted octanol–water partition coefficient (Wildman–Crippen LogP) is 5.14. The van der Waals surface area contributed by atoms with Gasteiger partial charge in [-0.3, -0.25) is 4.79 Å². The Hall–Kier alpha value is -2.99. The summed E-state index contributed by atoms with van der Waals surface area (Å²) in [5.41, 5.74) is 4.74. The van der Waals surface area contributed by atoms with Gasteiger partial charge >= 0.3 is 0 Å². The highest BCUT2D eigenvalue weighted by atomic mass is 35.5. The molecule has 7 heteroatoms. The van der Waals surface area contributed by atoms with Crippen LogP contribution in [0.1, 0.15) is 58.1 Å². The molecule has 1 aliphatic heterocycles. The minimum absolute atomic E-state index is 0.170. The molecule has 2 heterocycles. The summed E-state index contributed by atoms with van der Waals surface area (Å²) in [6, 6.07) is 12.6. The molecular formula is C26H24ClFN4O. The quantitative estimate of drug-likeness (QED) is 0.527. The van der Waals surface area contributed by atoms with Gasteiger partial charge in [-0.25, -0.2) is 14.4 Å². The zero-order valence-corrected chi connectivity index (χ0v) is 19.0. The first-order chi connectivity index (χ1) is 15.9. The molecule has 3 unspecified atom stereocenters. The summed E-state index contributed by atoms with van der Waals surface area (Å²) < 4.78 is 13.2. The van der Waals surface area contributed by atoms with Crippen LogP contribution in [0.2, 0.25) is 5.15 Å². The van der Waals surface area contributed by atoms with Gasteiger partial charge in [0.25, 0.3) is 5.91 Å². The number of fused-ring (bicyclic) bond motifs is 2. The van der Waals surface area contributed by atoms with Crippen LogP contribution in [-0.4, -0.2) is 21.9 Å². The maximum atomic E-state index is 13.2. The Bertz CT molecular complexity index is 1260. The van der Waals surface area contributed by atoms with E-state index in [9.17, 15) is 9.18 Å². The van der Waals surface area contributed by atoms with Crippen LogP contribution in [0, 0.1) is 18.7 Å². The Morgan fingerprint density at radius 2 is 2.00 bits per heavy atom. The molecule has 0 spiro atoms. The van der Waals surface area contributed by atoms with E-state index in [1.54, 1.807) is 0 Å². The number of nitrogens with zero attached hydrogens (tertiary/aromatic N) is 2.